The van der Waals surface area contributed by atoms with Crippen molar-refractivity contribution in [3.8, 4) is 0 Å². The van der Waals surface area contributed by atoms with E-state index < -0.39 is 5.97 Å². The second kappa shape index (κ2) is 5.84. The molecule has 1 aliphatic rings. The van der Waals surface area contributed by atoms with Crippen molar-refractivity contribution in [3.63, 3.8) is 0 Å². The van der Waals surface area contributed by atoms with Gasteiger partial charge in [0.25, 0.3) is 5.91 Å². The van der Waals surface area contributed by atoms with E-state index >= 15 is 0 Å². The van der Waals surface area contributed by atoms with Crippen LogP contribution in [0.2, 0.25) is 0 Å². The summed E-state index contributed by atoms with van der Waals surface area (Å²) < 4.78 is 5.24. The van der Waals surface area contributed by atoms with Gasteiger partial charge in [-0.05, 0) is 25.0 Å². The molecular weight excluding hydrogens is 246 g/mol. The number of carboxylic acids is 1. The van der Waals surface area contributed by atoms with Crippen LogP contribution < -0.4 is 0 Å². The second-order valence-corrected chi connectivity index (χ2v) is 4.42. The van der Waals surface area contributed by atoms with Crippen molar-refractivity contribution in [3.05, 3.63) is 34.9 Å². The summed E-state index contributed by atoms with van der Waals surface area (Å²) in [6, 6.07) is 4.96. The zero-order chi connectivity index (χ0) is 13.8. The maximum Gasteiger partial charge on any atom is 0.336 e. The van der Waals surface area contributed by atoms with Gasteiger partial charge in [-0.3, -0.25) is 4.79 Å². The molecule has 0 aromatic heterocycles. The average molecular weight is 263 g/mol. The number of amides is 1. The zero-order valence-electron chi connectivity index (χ0n) is 10.9. The van der Waals surface area contributed by atoms with Crippen LogP contribution in [0.25, 0.3) is 0 Å². The molecule has 0 saturated heterocycles. The summed E-state index contributed by atoms with van der Waals surface area (Å²) >= 11 is 0. The average Bonchev–Trinajstić information content (AvgIpc) is 2.72. The first-order valence-electron chi connectivity index (χ1n) is 6.37. The fourth-order valence-electron chi connectivity index (χ4n) is 2.28. The van der Waals surface area contributed by atoms with E-state index in [0.717, 1.165) is 12.0 Å². The smallest absolute Gasteiger partial charge is 0.336 e. The Kier molecular flexibility index (Phi) is 4.16. The van der Waals surface area contributed by atoms with Gasteiger partial charge in [0.1, 0.15) is 0 Å². The standard InChI is InChI=1S/C14H17NO4/c1-2-19-8-4-7-15-9-10-5-3-6-11(14(17)18)12(10)13(15)16/h3,5-6H,2,4,7-9H2,1H3,(H,17,18). The van der Waals surface area contributed by atoms with E-state index in [9.17, 15) is 9.59 Å². The molecule has 1 aromatic carbocycles. The Bertz CT molecular complexity index is 498. The van der Waals surface area contributed by atoms with E-state index in [1.807, 2.05) is 13.0 Å². The van der Waals surface area contributed by atoms with E-state index in [1.54, 1.807) is 11.0 Å². The third-order valence-corrected chi connectivity index (χ3v) is 3.16. The molecule has 2 rings (SSSR count). The minimum Gasteiger partial charge on any atom is -0.478 e. The number of carbonyl (C=O) groups excluding carboxylic acids is 1. The number of fused-ring (bicyclic) bond motifs is 1. The van der Waals surface area contributed by atoms with Gasteiger partial charge in [0, 0.05) is 26.3 Å². The van der Waals surface area contributed by atoms with Crippen molar-refractivity contribution in [2.45, 2.75) is 19.9 Å². The van der Waals surface area contributed by atoms with Crippen LogP contribution in [0.3, 0.4) is 0 Å². The van der Waals surface area contributed by atoms with Crippen LogP contribution in [-0.4, -0.2) is 41.6 Å². The number of rotatable bonds is 6. The number of aromatic carboxylic acids is 1. The minimum absolute atomic E-state index is 0.0924. The van der Waals surface area contributed by atoms with Crippen LogP contribution in [0.5, 0.6) is 0 Å². The van der Waals surface area contributed by atoms with Crippen molar-refractivity contribution < 1.29 is 19.4 Å². The first-order chi connectivity index (χ1) is 9.15. The van der Waals surface area contributed by atoms with Crippen LogP contribution in [0.4, 0.5) is 0 Å². The summed E-state index contributed by atoms with van der Waals surface area (Å²) in [5, 5.41) is 9.11. The van der Waals surface area contributed by atoms with E-state index in [0.29, 0.717) is 31.9 Å². The number of hydrogen-bond donors (Lipinski definition) is 1. The molecule has 5 heteroatoms. The van der Waals surface area contributed by atoms with Crippen LogP contribution in [0.1, 0.15) is 39.6 Å². The lowest BCUT2D eigenvalue weighted by molar-refractivity contribution is 0.0677. The number of nitrogens with zero attached hydrogens (tertiary/aromatic N) is 1. The monoisotopic (exact) mass is 263 g/mol. The highest BCUT2D eigenvalue weighted by molar-refractivity contribution is 6.07. The SMILES string of the molecule is CCOCCCN1Cc2cccc(C(=O)O)c2C1=O. The Morgan fingerprint density at radius 3 is 2.95 bits per heavy atom. The number of carboxylic acid groups (broad SMARTS) is 1. The molecule has 0 fully saturated rings. The molecule has 0 spiro atoms. The third-order valence-electron chi connectivity index (χ3n) is 3.16. The summed E-state index contributed by atoms with van der Waals surface area (Å²) in [5.74, 6) is -1.24. The molecule has 1 amide bonds. The lowest BCUT2D eigenvalue weighted by Crippen LogP contribution is -2.26. The van der Waals surface area contributed by atoms with Crippen LogP contribution in [0.15, 0.2) is 18.2 Å². The molecule has 5 nitrogen and oxygen atoms in total. The molecule has 0 radical (unpaired) electrons. The first-order valence-corrected chi connectivity index (χ1v) is 6.37. The maximum atomic E-state index is 12.2. The molecule has 19 heavy (non-hydrogen) atoms. The first kappa shape index (κ1) is 13.5. The van der Waals surface area contributed by atoms with Crippen LogP contribution >= 0.6 is 0 Å². The molecule has 0 aliphatic carbocycles. The Morgan fingerprint density at radius 1 is 1.47 bits per heavy atom. The lowest BCUT2D eigenvalue weighted by Gasteiger charge is -2.15. The van der Waals surface area contributed by atoms with Gasteiger partial charge in [-0.1, -0.05) is 12.1 Å². The second-order valence-electron chi connectivity index (χ2n) is 4.42. The number of carbonyl (C=O) groups is 2. The van der Waals surface area contributed by atoms with Gasteiger partial charge in [0.15, 0.2) is 0 Å². The van der Waals surface area contributed by atoms with Gasteiger partial charge in [-0.15, -0.1) is 0 Å². The predicted octanol–water partition coefficient (Wildman–Crippen LogP) is 1.77. The molecule has 1 heterocycles. The van der Waals surface area contributed by atoms with Gasteiger partial charge in [0.05, 0.1) is 11.1 Å². The number of hydrogen-bond acceptors (Lipinski definition) is 3. The largest absolute Gasteiger partial charge is 0.478 e. The van der Waals surface area contributed by atoms with E-state index in [1.165, 1.54) is 6.07 Å². The van der Waals surface area contributed by atoms with Gasteiger partial charge >= 0.3 is 5.97 Å². The molecule has 0 bridgehead atoms. The van der Waals surface area contributed by atoms with E-state index in [4.69, 9.17) is 9.84 Å². The van der Waals surface area contributed by atoms with Crippen molar-refractivity contribution in [1.82, 2.24) is 4.90 Å². The Labute approximate surface area is 111 Å². The topological polar surface area (TPSA) is 66.8 Å². The summed E-state index contributed by atoms with van der Waals surface area (Å²) in [6.07, 6.45) is 0.760. The minimum atomic E-state index is -1.05. The molecule has 102 valence electrons. The predicted molar refractivity (Wildman–Crippen MR) is 69.3 cm³/mol. The maximum absolute atomic E-state index is 12.2. The van der Waals surface area contributed by atoms with Crippen molar-refractivity contribution >= 4 is 11.9 Å². The normalized spacial score (nSPS) is 13.7. The Hall–Kier alpha value is -1.88. The van der Waals surface area contributed by atoms with Gasteiger partial charge < -0.3 is 14.7 Å². The quantitative estimate of drug-likeness (QED) is 0.794. The summed E-state index contributed by atoms with van der Waals surface area (Å²) in [6.45, 7) is 4.28. The van der Waals surface area contributed by atoms with E-state index in [-0.39, 0.29) is 11.5 Å². The van der Waals surface area contributed by atoms with Gasteiger partial charge in [-0.25, -0.2) is 4.79 Å². The van der Waals surface area contributed by atoms with Crippen LogP contribution in [-0.2, 0) is 11.3 Å². The zero-order valence-corrected chi connectivity index (χ0v) is 10.9. The summed E-state index contributed by atoms with van der Waals surface area (Å²) in [7, 11) is 0. The molecule has 1 aromatic rings. The summed E-state index contributed by atoms with van der Waals surface area (Å²) in [4.78, 5) is 25.0. The fraction of sp³-hybridized carbons (Fsp3) is 0.429. The third kappa shape index (κ3) is 2.76. The summed E-state index contributed by atoms with van der Waals surface area (Å²) in [5.41, 5.74) is 1.22. The van der Waals surface area contributed by atoms with Crippen LogP contribution in [0, 0.1) is 0 Å². The Balaban J connectivity index is 2.09. The molecule has 1 N–H and O–H groups in total. The highest BCUT2D eigenvalue weighted by Crippen LogP contribution is 2.26. The molecule has 1 aliphatic heterocycles. The van der Waals surface area contributed by atoms with Crippen molar-refractivity contribution in [2.75, 3.05) is 19.8 Å². The Morgan fingerprint density at radius 2 is 2.26 bits per heavy atom. The highest BCUT2D eigenvalue weighted by Gasteiger charge is 2.31. The van der Waals surface area contributed by atoms with Crippen molar-refractivity contribution in [1.29, 1.82) is 0 Å². The van der Waals surface area contributed by atoms with Gasteiger partial charge in [0.2, 0.25) is 0 Å². The van der Waals surface area contributed by atoms with Crippen molar-refractivity contribution in [2.24, 2.45) is 0 Å². The van der Waals surface area contributed by atoms with E-state index in [2.05, 4.69) is 0 Å². The fourth-order valence-corrected chi connectivity index (χ4v) is 2.28. The molecule has 0 atom stereocenters. The number of ether oxygens (including phenoxy) is 1. The number of benzene rings is 1. The molecule has 0 unspecified atom stereocenters. The highest BCUT2D eigenvalue weighted by atomic mass is 16.5. The lowest BCUT2D eigenvalue weighted by atomic mass is 10.0. The van der Waals surface area contributed by atoms with Gasteiger partial charge in [-0.2, -0.15) is 0 Å². The molecular formula is C14H17NO4. The molecule has 0 saturated carbocycles.